The number of nitrogens with two attached hydrogens (primary N) is 1. The molecule has 2 aromatic rings. The highest BCUT2D eigenvalue weighted by atomic mass is 14.9. The summed E-state index contributed by atoms with van der Waals surface area (Å²) in [7, 11) is 0. The Hall–Kier alpha value is -1.74. The van der Waals surface area contributed by atoms with Crippen LogP contribution in [0.2, 0.25) is 0 Å². The minimum absolute atomic E-state index is 0.116. The van der Waals surface area contributed by atoms with Crippen molar-refractivity contribution in [3.8, 4) is 11.4 Å². The van der Waals surface area contributed by atoms with Gasteiger partial charge in [0, 0.05) is 29.1 Å². The van der Waals surface area contributed by atoms with Crippen molar-refractivity contribution in [1.29, 1.82) is 0 Å². The summed E-state index contributed by atoms with van der Waals surface area (Å²) < 4.78 is 0. The van der Waals surface area contributed by atoms with Crippen LogP contribution in [0.4, 0.5) is 0 Å². The van der Waals surface area contributed by atoms with Crippen LogP contribution < -0.4 is 5.73 Å². The van der Waals surface area contributed by atoms with Gasteiger partial charge < -0.3 is 5.73 Å². The molecule has 102 valence electrons. The number of fused-ring (bicyclic) bond motifs is 1. The van der Waals surface area contributed by atoms with Crippen LogP contribution >= 0.6 is 0 Å². The molecule has 20 heavy (non-hydrogen) atoms. The van der Waals surface area contributed by atoms with Crippen LogP contribution in [-0.4, -0.2) is 9.97 Å². The van der Waals surface area contributed by atoms with Gasteiger partial charge in [0.2, 0.25) is 0 Å². The molecule has 1 aromatic carbocycles. The molecular weight excluding hydrogens is 246 g/mol. The molecule has 0 bridgehead atoms. The zero-order chi connectivity index (χ0) is 13.5. The first-order valence-corrected chi connectivity index (χ1v) is 7.53. The summed E-state index contributed by atoms with van der Waals surface area (Å²) in [5.41, 5.74) is 10.9. The number of hydrogen-bond acceptors (Lipinski definition) is 3. The van der Waals surface area contributed by atoms with Crippen molar-refractivity contribution < 1.29 is 0 Å². The molecule has 2 N–H and O–H groups in total. The van der Waals surface area contributed by atoms with Crippen LogP contribution in [0.15, 0.2) is 30.5 Å². The Labute approximate surface area is 119 Å². The predicted molar refractivity (Wildman–Crippen MR) is 79.3 cm³/mol. The van der Waals surface area contributed by atoms with E-state index in [4.69, 9.17) is 10.7 Å². The average Bonchev–Trinajstić information content (AvgIpc) is 3.32. The van der Waals surface area contributed by atoms with E-state index < -0.39 is 0 Å². The molecule has 2 aliphatic carbocycles. The maximum absolute atomic E-state index is 6.12. The third kappa shape index (κ3) is 2.12. The summed E-state index contributed by atoms with van der Waals surface area (Å²) >= 11 is 0. The van der Waals surface area contributed by atoms with Crippen LogP contribution in [0.5, 0.6) is 0 Å². The van der Waals surface area contributed by atoms with Gasteiger partial charge in [-0.3, -0.25) is 0 Å². The normalized spacial score (nSPS) is 21.6. The van der Waals surface area contributed by atoms with E-state index in [1.54, 1.807) is 0 Å². The Morgan fingerprint density at radius 3 is 2.60 bits per heavy atom. The van der Waals surface area contributed by atoms with Gasteiger partial charge in [-0.25, -0.2) is 9.97 Å². The maximum Gasteiger partial charge on any atom is 0.159 e. The van der Waals surface area contributed by atoms with Gasteiger partial charge in [0.15, 0.2) is 5.82 Å². The molecule has 1 aromatic heterocycles. The molecule has 2 aliphatic rings. The van der Waals surface area contributed by atoms with Crippen molar-refractivity contribution in [3.63, 3.8) is 0 Å². The SMILES string of the molecule is NC1CCCc2nc(-c3ccc(C4CC4)cc3)ncc21. The summed E-state index contributed by atoms with van der Waals surface area (Å²) in [6, 6.07) is 8.87. The minimum atomic E-state index is 0.116. The Bertz CT molecular complexity index is 629. The van der Waals surface area contributed by atoms with Crippen LogP contribution in [-0.2, 0) is 6.42 Å². The highest BCUT2D eigenvalue weighted by molar-refractivity contribution is 5.56. The second-order valence-corrected chi connectivity index (χ2v) is 5.99. The molecule has 3 heteroatoms. The van der Waals surface area contributed by atoms with Crippen molar-refractivity contribution in [2.24, 2.45) is 5.73 Å². The van der Waals surface area contributed by atoms with E-state index in [0.29, 0.717) is 0 Å². The average molecular weight is 265 g/mol. The van der Waals surface area contributed by atoms with Crippen molar-refractivity contribution in [2.75, 3.05) is 0 Å². The lowest BCUT2D eigenvalue weighted by Gasteiger charge is -2.21. The molecule has 1 fully saturated rings. The lowest BCUT2D eigenvalue weighted by molar-refractivity contribution is 0.557. The summed E-state index contributed by atoms with van der Waals surface area (Å²) in [6.07, 6.45) is 7.81. The topological polar surface area (TPSA) is 51.8 Å². The van der Waals surface area contributed by atoms with Gasteiger partial charge >= 0.3 is 0 Å². The van der Waals surface area contributed by atoms with E-state index in [1.165, 1.54) is 18.4 Å². The fourth-order valence-corrected chi connectivity index (χ4v) is 3.04. The molecule has 1 heterocycles. The van der Waals surface area contributed by atoms with Crippen LogP contribution in [0.3, 0.4) is 0 Å². The smallest absolute Gasteiger partial charge is 0.159 e. The van der Waals surface area contributed by atoms with E-state index in [1.807, 2.05) is 6.20 Å². The first kappa shape index (κ1) is 12.0. The van der Waals surface area contributed by atoms with E-state index in [-0.39, 0.29) is 6.04 Å². The van der Waals surface area contributed by atoms with Gasteiger partial charge in [0.25, 0.3) is 0 Å². The number of rotatable bonds is 2. The predicted octanol–water partition coefficient (Wildman–Crippen LogP) is 3.36. The van der Waals surface area contributed by atoms with Crippen molar-refractivity contribution in [3.05, 3.63) is 47.3 Å². The molecule has 1 atom stereocenters. The number of benzene rings is 1. The van der Waals surface area contributed by atoms with Gasteiger partial charge in [-0.1, -0.05) is 24.3 Å². The quantitative estimate of drug-likeness (QED) is 0.905. The van der Waals surface area contributed by atoms with E-state index in [2.05, 4.69) is 29.2 Å². The molecule has 0 spiro atoms. The van der Waals surface area contributed by atoms with Crippen molar-refractivity contribution in [1.82, 2.24) is 9.97 Å². The van der Waals surface area contributed by atoms with E-state index >= 15 is 0 Å². The molecular formula is C17H19N3. The molecule has 1 saturated carbocycles. The monoisotopic (exact) mass is 265 g/mol. The third-order valence-corrected chi connectivity index (χ3v) is 4.45. The largest absolute Gasteiger partial charge is 0.324 e. The Balaban J connectivity index is 1.67. The number of aryl methyl sites for hydroxylation is 1. The maximum atomic E-state index is 6.12. The van der Waals surface area contributed by atoms with Gasteiger partial charge in [-0.05, 0) is 43.6 Å². The lowest BCUT2D eigenvalue weighted by Crippen LogP contribution is -2.19. The highest BCUT2D eigenvalue weighted by Crippen LogP contribution is 2.40. The molecule has 3 nitrogen and oxygen atoms in total. The number of aromatic nitrogens is 2. The molecule has 4 rings (SSSR count). The zero-order valence-electron chi connectivity index (χ0n) is 11.5. The molecule has 1 unspecified atom stereocenters. The third-order valence-electron chi connectivity index (χ3n) is 4.45. The summed E-state index contributed by atoms with van der Waals surface area (Å²) in [6.45, 7) is 0. The van der Waals surface area contributed by atoms with Gasteiger partial charge in [0.1, 0.15) is 0 Å². The van der Waals surface area contributed by atoms with Gasteiger partial charge in [0.05, 0.1) is 0 Å². The molecule has 0 saturated heterocycles. The Morgan fingerprint density at radius 1 is 1.05 bits per heavy atom. The fourth-order valence-electron chi connectivity index (χ4n) is 3.04. The summed E-state index contributed by atoms with van der Waals surface area (Å²) in [4.78, 5) is 9.24. The summed E-state index contributed by atoms with van der Waals surface area (Å²) in [5.74, 6) is 1.63. The van der Waals surface area contributed by atoms with Crippen LogP contribution in [0, 0.1) is 0 Å². The van der Waals surface area contributed by atoms with Gasteiger partial charge in [-0.15, -0.1) is 0 Å². The van der Waals surface area contributed by atoms with E-state index in [0.717, 1.165) is 47.8 Å². The highest BCUT2D eigenvalue weighted by Gasteiger charge is 2.23. The van der Waals surface area contributed by atoms with E-state index in [9.17, 15) is 0 Å². The van der Waals surface area contributed by atoms with Crippen molar-refractivity contribution in [2.45, 2.75) is 44.1 Å². The Morgan fingerprint density at radius 2 is 1.85 bits per heavy atom. The van der Waals surface area contributed by atoms with Crippen LogP contribution in [0.1, 0.15) is 54.5 Å². The number of nitrogens with zero attached hydrogens (tertiary/aromatic N) is 2. The summed E-state index contributed by atoms with van der Waals surface area (Å²) in [5, 5.41) is 0. The first-order chi connectivity index (χ1) is 9.81. The fraction of sp³-hybridized carbons (Fsp3) is 0.412. The first-order valence-electron chi connectivity index (χ1n) is 7.53. The number of hydrogen-bond donors (Lipinski definition) is 1. The minimum Gasteiger partial charge on any atom is -0.324 e. The standard InChI is InChI=1S/C17H19N3/c18-15-2-1-3-16-14(15)10-19-17(20-16)13-8-6-12(7-9-13)11-4-5-11/h6-11,15H,1-5,18H2. The zero-order valence-corrected chi connectivity index (χ0v) is 11.5. The molecule has 0 amide bonds. The molecule has 0 radical (unpaired) electrons. The second kappa shape index (κ2) is 4.67. The lowest BCUT2D eigenvalue weighted by atomic mass is 9.93. The van der Waals surface area contributed by atoms with Crippen LogP contribution in [0.25, 0.3) is 11.4 Å². The van der Waals surface area contributed by atoms with Crippen molar-refractivity contribution >= 4 is 0 Å². The molecule has 0 aliphatic heterocycles. The van der Waals surface area contributed by atoms with Gasteiger partial charge in [-0.2, -0.15) is 0 Å². The second-order valence-electron chi connectivity index (χ2n) is 5.99. The Kier molecular flexibility index (Phi) is 2.81.